The van der Waals surface area contributed by atoms with Crippen LogP contribution < -0.4 is 10.8 Å². The van der Waals surface area contributed by atoms with Crippen molar-refractivity contribution in [2.45, 2.75) is 58.6 Å². The number of nitrogens with zero attached hydrogens (tertiary/aromatic N) is 1. The Kier molecular flexibility index (Phi) is 11.1. The summed E-state index contributed by atoms with van der Waals surface area (Å²) >= 11 is 0. The number of nitrogens with one attached hydrogen (secondary N) is 3. The summed E-state index contributed by atoms with van der Waals surface area (Å²) < 4.78 is 0. The van der Waals surface area contributed by atoms with E-state index in [4.69, 9.17) is 9.82 Å². The van der Waals surface area contributed by atoms with E-state index in [0.717, 1.165) is 40.2 Å². The summed E-state index contributed by atoms with van der Waals surface area (Å²) in [5.74, 6) is 0.0516. The van der Waals surface area contributed by atoms with Crippen molar-refractivity contribution in [1.29, 1.82) is 0 Å². The third kappa shape index (κ3) is 8.13. The maximum absolute atomic E-state index is 12.0. The molecule has 0 saturated heterocycles. The first-order valence-corrected chi connectivity index (χ1v) is 12.9. The molecule has 0 aliphatic heterocycles. The van der Waals surface area contributed by atoms with E-state index in [1.807, 2.05) is 80.6 Å². The molecular weight excluding hydrogens is 468 g/mol. The molecule has 0 spiro atoms. The van der Waals surface area contributed by atoms with E-state index in [0.29, 0.717) is 31.7 Å². The summed E-state index contributed by atoms with van der Waals surface area (Å²) in [7, 11) is 0. The first-order valence-electron chi connectivity index (χ1n) is 12.9. The van der Waals surface area contributed by atoms with Crippen molar-refractivity contribution in [3.63, 3.8) is 0 Å². The van der Waals surface area contributed by atoms with Gasteiger partial charge < -0.3 is 15.4 Å². The molecule has 0 saturated carbocycles. The summed E-state index contributed by atoms with van der Waals surface area (Å²) in [5, 5.41) is 14.2. The van der Waals surface area contributed by atoms with Crippen LogP contribution in [-0.2, 0) is 21.0 Å². The maximum atomic E-state index is 12.0. The van der Waals surface area contributed by atoms with Crippen LogP contribution in [0.5, 0.6) is 0 Å². The van der Waals surface area contributed by atoms with Gasteiger partial charge in [-0.2, -0.15) is 0 Å². The summed E-state index contributed by atoms with van der Waals surface area (Å²) in [5.41, 5.74) is 5.22. The number of imidazole rings is 1. The third-order valence-corrected chi connectivity index (χ3v) is 5.87. The highest BCUT2D eigenvalue weighted by Gasteiger charge is 2.19. The highest BCUT2D eigenvalue weighted by molar-refractivity contribution is 6.04. The van der Waals surface area contributed by atoms with E-state index < -0.39 is 12.5 Å². The van der Waals surface area contributed by atoms with Gasteiger partial charge in [-0.3, -0.25) is 14.4 Å². The zero-order valence-electron chi connectivity index (χ0n) is 21.5. The number of benzene rings is 3. The number of H-pyrrole nitrogens is 1. The minimum atomic E-state index is -0.581. The number of aliphatic hydroxyl groups is 1. The van der Waals surface area contributed by atoms with Gasteiger partial charge in [-0.1, -0.05) is 87.4 Å². The van der Waals surface area contributed by atoms with Crippen molar-refractivity contribution >= 4 is 33.6 Å². The molecule has 8 heteroatoms. The molecule has 2 amide bonds. The number of aromatic amines is 1. The van der Waals surface area contributed by atoms with Gasteiger partial charge in [-0.05, 0) is 29.9 Å². The number of carbonyl (C=O) groups excluding carboxylic acids is 2. The molecule has 0 aliphatic carbocycles. The number of aliphatic hydroxyl groups excluding tert-OH is 1. The lowest BCUT2D eigenvalue weighted by atomic mass is 10.1. The highest BCUT2D eigenvalue weighted by atomic mass is 16.6. The summed E-state index contributed by atoms with van der Waals surface area (Å²) in [4.78, 5) is 37.3. The normalized spacial score (nSPS) is 11.5. The lowest BCUT2D eigenvalue weighted by Crippen LogP contribution is -2.31. The Labute approximate surface area is 217 Å². The molecule has 8 nitrogen and oxygen atoms in total. The van der Waals surface area contributed by atoms with Crippen LogP contribution in [-0.4, -0.2) is 33.5 Å². The number of hydrogen-bond donors (Lipinski definition) is 4. The number of fused-ring (bicyclic) bond motifs is 3. The van der Waals surface area contributed by atoms with Crippen LogP contribution in [0.1, 0.15) is 63.4 Å². The third-order valence-electron chi connectivity index (χ3n) is 5.87. The molecule has 0 aliphatic rings. The zero-order valence-corrected chi connectivity index (χ0v) is 21.5. The lowest BCUT2D eigenvalue weighted by Gasteiger charge is -2.16. The number of rotatable bonds is 12. The van der Waals surface area contributed by atoms with Crippen LogP contribution in [0, 0.1) is 0 Å². The predicted molar refractivity (Wildman–Crippen MR) is 145 cm³/mol. The number of hydroxylamine groups is 1. The van der Waals surface area contributed by atoms with E-state index in [-0.39, 0.29) is 11.9 Å². The molecule has 0 fully saturated rings. The molecule has 3 aromatic carbocycles. The van der Waals surface area contributed by atoms with Crippen LogP contribution in [0.4, 0.5) is 0 Å². The Hall–Kier alpha value is -3.75. The van der Waals surface area contributed by atoms with Gasteiger partial charge in [0, 0.05) is 11.8 Å². The fourth-order valence-electron chi connectivity index (χ4n) is 4.08. The molecule has 4 rings (SSSR count). The highest BCUT2D eigenvalue weighted by Crippen LogP contribution is 2.27. The van der Waals surface area contributed by atoms with Crippen molar-refractivity contribution in [2.24, 2.45) is 0 Å². The molecule has 4 aromatic rings. The Morgan fingerprint density at radius 2 is 1.70 bits per heavy atom. The van der Waals surface area contributed by atoms with Gasteiger partial charge in [-0.15, -0.1) is 0 Å². The molecule has 0 bridgehead atoms. The molecular formula is C29H36N4O4. The van der Waals surface area contributed by atoms with E-state index in [2.05, 4.69) is 15.8 Å². The average molecular weight is 505 g/mol. The number of amides is 2. The van der Waals surface area contributed by atoms with Crippen LogP contribution in [0.2, 0.25) is 0 Å². The maximum Gasteiger partial charge on any atom is 0.246 e. The molecule has 1 aromatic heterocycles. The average Bonchev–Trinajstić information content (AvgIpc) is 3.39. The first-order chi connectivity index (χ1) is 18.1. The van der Waals surface area contributed by atoms with E-state index in [1.165, 1.54) is 0 Å². The lowest BCUT2D eigenvalue weighted by molar-refractivity contribution is -0.134. The topological polar surface area (TPSA) is 116 Å². The number of hydrogen-bond acceptors (Lipinski definition) is 5. The van der Waals surface area contributed by atoms with Crippen molar-refractivity contribution in [2.75, 3.05) is 6.61 Å². The van der Waals surface area contributed by atoms with Crippen LogP contribution in [0.25, 0.3) is 21.8 Å². The quantitative estimate of drug-likeness (QED) is 0.158. The van der Waals surface area contributed by atoms with Gasteiger partial charge in [0.2, 0.25) is 11.8 Å². The van der Waals surface area contributed by atoms with Crippen LogP contribution in [0.3, 0.4) is 0 Å². The van der Waals surface area contributed by atoms with Gasteiger partial charge in [0.05, 0.1) is 23.7 Å². The van der Waals surface area contributed by atoms with E-state index in [9.17, 15) is 14.7 Å². The summed E-state index contributed by atoms with van der Waals surface area (Å²) in [6.07, 6.45) is 3.29. The predicted octanol–water partition coefficient (Wildman–Crippen LogP) is 5.09. The van der Waals surface area contributed by atoms with E-state index in [1.54, 1.807) is 0 Å². The monoisotopic (exact) mass is 504 g/mol. The second kappa shape index (κ2) is 14.7. The fraction of sp³-hybridized carbons (Fsp3) is 0.345. The Balaban J connectivity index is 0.00000186. The molecule has 37 heavy (non-hydrogen) atoms. The minimum Gasteiger partial charge on any atom is -0.387 e. The molecule has 1 atom stereocenters. The van der Waals surface area contributed by atoms with Crippen molar-refractivity contribution in [3.05, 3.63) is 78.1 Å². The SMILES string of the molecule is CC.O=C(CCCCCC(NC(=O)CO)c1nc2c(ccc3ccccc32)[nH]1)NOCc1ccccc1. The number of aromatic nitrogens is 2. The molecule has 1 unspecified atom stereocenters. The second-order valence-electron chi connectivity index (χ2n) is 8.48. The fourth-order valence-corrected chi connectivity index (χ4v) is 4.08. The van der Waals surface area contributed by atoms with Crippen LogP contribution in [0.15, 0.2) is 66.7 Å². The Morgan fingerprint density at radius 1 is 0.946 bits per heavy atom. The number of unbranched alkanes of at least 4 members (excludes halogenated alkanes) is 2. The molecule has 0 radical (unpaired) electrons. The van der Waals surface area contributed by atoms with Crippen molar-refractivity contribution in [3.8, 4) is 0 Å². The van der Waals surface area contributed by atoms with Crippen LogP contribution >= 0.6 is 0 Å². The van der Waals surface area contributed by atoms with Crippen molar-refractivity contribution in [1.82, 2.24) is 20.8 Å². The second-order valence-corrected chi connectivity index (χ2v) is 8.48. The van der Waals surface area contributed by atoms with Gasteiger partial charge in [-0.25, -0.2) is 10.5 Å². The standard InChI is InChI=1S/C27H30N4O4.C2H6/c32-17-25(34)28-23(27-29-22-16-15-20-11-7-8-12-21(20)26(22)30-27)13-5-2-6-14-24(33)31-35-18-19-9-3-1-4-10-19;1-2/h1,3-4,7-12,15-16,23,32H,2,5-6,13-14,17-18H2,(H,28,34)(H,29,30)(H,31,33);1-2H3. The Bertz CT molecular complexity index is 1270. The van der Waals surface area contributed by atoms with E-state index >= 15 is 0 Å². The zero-order chi connectivity index (χ0) is 26.5. The van der Waals surface area contributed by atoms with Gasteiger partial charge in [0.25, 0.3) is 0 Å². The van der Waals surface area contributed by atoms with Gasteiger partial charge >= 0.3 is 0 Å². The minimum absolute atomic E-state index is 0.157. The number of carbonyl (C=O) groups is 2. The summed E-state index contributed by atoms with van der Waals surface area (Å²) in [6.45, 7) is 3.74. The van der Waals surface area contributed by atoms with Gasteiger partial charge in [0.1, 0.15) is 12.4 Å². The molecule has 4 N–H and O–H groups in total. The smallest absolute Gasteiger partial charge is 0.246 e. The molecule has 196 valence electrons. The molecule has 1 heterocycles. The Morgan fingerprint density at radius 3 is 2.49 bits per heavy atom. The van der Waals surface area contributed by atoms with Gasteiger partial charge in [0.15, 0.2) is 0 Å². The summed E-state index contributed by atoms with van der Waals surface area (Å²) in [6, 6.07) is 21.3. The van der Waals surface area contributed by atoms with Crippen molar-refractivity contribution < 1.29 is 19.5 Å². The first kappa shape index (κ1) is 27.8. The largest absolute Gasteiger partial charge is 0.387 e.